The molecule has 146 valence electrons. The van der Waals surface area contributed by atoms with Crippen molar-refractivity contribution in [2.45, 2.75) is 36.1 Å². The van der Waals surface area contributed by atoms with Crippen LogP contribution in [0, 0.1) is 5.82 Å². The van der Waals surface area contributed by atoms with Crippen molar-refractivity contribution < 1.29 is 17.6 Å². The zero-order chi connectivity index (χ0) is 20.0. The minimum atomic E-state index is -4.04. The molecule has 0 saturated heterocycles. The van der Waals surface area contributed by atoms with Gasteiger partial charge in [0.25, 0.3) is 10.0 Å². The number of rotatable bonds is 8. The van der Waals surface area contributed by atoms with Crippen LogP contribution in [0.5, 0.6) is 0 Å². The number of benzene rings is 2. The van der Waals surface area contributed by atoms with Crippen LogP contribution in [0.15, 0.2) is 58.3 Å². The second kappa shape index (κ2) is 9.23. The zero-order valence-electron chi connectivity index (χ0n) is 15.5. The molecule has 1 N–H and O–H groups in total. The summed E-state index contributed by atoms with van der Waals surface area (Å²) in [4.78, 5) is 13.3. The number of anilines is 1. The molecule has 1 amide bonds. The van der Waals surface area contributed by atoms with Crippen molar-refractivity contribution in [2.24, 2.45) is 0 Å². The second-order valence-electron chi connectivity index (χ2n) is 6.04. The number of nitrogens with zero attached hydrogens (tertiary/aromatic N) is 1. The molecule has 0 heterocycles. The number of thioether (sulfide) groups is 1. The summed E-state index contributed by atoms with van der Waals surface area (Å²) in [6.07, 6.45) is 2.61. The number of halogens is 1. The molecule has 2 aromatic rings. The molecule has 8 heteroatoms. The van der Waals surface area contributed by atoms with Gasteiger partial charge in [0.1, 0.15) is 12.4 Å². The summed E-state index contributed by atoms with van der Waals surface area (Å²) in [6.45, 7) is 3.32. The maximum Gasteiger partial charge on any atom is 0.264 e. The van der Waals surface area contributed by atoms with Crippen LogP contribution in [-0.4, -0.2) is 33.2 Å². The van der Waals surface area contributed by atoms with Crippen LogP contribution >= 0.6 is 11.8 Å². The molecule has 0 aliphatic carbocycles. The predicted octanol–water partition coefficient (Wildman–Crippen LogP) is 3.66. The Kier molecular flexibility index (Phi) is 7.26. The Labute approximate surface area is 164 Å². The van der Waals surface area contributed by atoms with Gasteiger partial charge in [-0.3, -0.25) is 9.10 Å². The minimum absolute atomic E-state index is 0.0425. The van der Waals surface area contributed by atoms with Crippen molar-refractivity contribution in [3.8, 4) is 0 Å². The first-order valence-corrected chi connectivity index (χ1v) is 11.2. The number of carbonyl (C=O) groups is 1. The quantitative estimate of drug-likeness (QED) is 0.675. The fourth-order valence-corrected chi connectivity index (χ4v) is 4.20. The molecule has 27 heavy (non-hydrogen) atoms. The molecular weight excluding hydrogens is 387 g/mol. The molecule has 1 atom stereocenters. The van der Waals surface area contributed by atoms with Gasteiger partial charge in [-0.05, 0) is 62.1 Å². The van der Waals surface area contributed by atoms with Crippen LogP contribution in [0.1, 0.15) is 20.3 Å². The van der Waals surface area contributed by atoms with Crippen LogP contribution in [-0.2, 0) is 14.8 Å². The van der Waals surface area contributed by atoms with Crippen molar-refractivity contribution in [3.05, 3.63) is 54.3 Å². The normalized spacial score (nSPS) is 12.4. The van der Waals surface area contributed by atoms with Gasteiger partial charge in [0, 0.05) is 10.9 Å². The average molecular weight is 411 g/mol. The van der Waals surface area contributed by atoms with E-state index in [1.165, 1.54) is 42.1 Å². The van der Waals surface area contributed by atoms with Crippen LogP contribution < -0.4 is 9.62 Å². The van der Waals surface area contributed by atoms with E-state index in [1.807, 2.05) is 20.1 Å². The van der Waals surface area contributed by atoms with Crippen molar-refractivity contribution >= 4 is 33.4 Å². The number of carbonyl (C=O) groups excluding carboxylic acids is 1. The third-order valence-corrected chi connectivity index (χ3v) is 6.58. The summed E-state index contributed by atoms with van der Waals surface area (Å²) >= 11 is 1.49. The zero-order valence-corrected chi connectivity index (χ0v) is 17.1. The molecule has 2 rings (SSSR count). The van der Waals surface area contributed by atoms with Crippen molar-refractivity contribution in [1.82, 2.24) is 5.32 Å². The molecule has 0 aromatic heterocycles. The van der Waals surface area contributed by atoms with Crippen LogP contribution in [0.3, 0.4) is 0 Å². The molecule has 1 unspecified atom stereocenters. The van der Waals surface area contributed by atoms with Gasteiger partial charge in [0.15, 0.2) is 0 Å². The highest BCUT2D eigenvalue weighted by Gasteiger charge is 2.27. The van der Waals surface area contributed by atoms with E-state index in [-0.39, 0.29) is 16.6 Å². The number of amides is 1. The molecular formula is C19H23FN2O3S2. The average Bonchev–Trinajstić information content (AvgIpc) is 2.65. The molecule has 0 aliphatic rings. The number of hydrogen-bond donors (Lipinski definition) is 1. The highest BCUT2D eigenvalue weighted by molar-refractivity contribution is 7.98. The molecule has 0 spiro atoms. The van der Waals surface area contributed by atoms with Crippen molar-refractivity contribution in [2.75, 3.05) is 17.1 Å². The second-order valence-corrected chi connectivity index (χ2v) is 8.79. The maximum atomic E-state index is 13.7. The summed E-state index contributed by atoms with van der Waals surface area (Å²) in [5.41, 5.74) is 0.100. The van der Waals surface area contributed by atoms with Gasteiger partial charge < -0.3 is 5.32 Å². The summed E-state index contributed by atoms with van der Waals surface area (Å²) in [5.74, 6) is -1.02. The smallest absolute Gasteiger partial charge is 0.264 e. The van der Waals surface area contributed by atoms with E-state index in [4.69, 9.17) is 0 Å². The Morgan fingerprint density at radius 1 is 1.22 bits per heavy atom. The van der Waals surface area contributed by atoms with E-state index in [0.717, 1.165) is 15.3 Å². The van der Waals surface area contributed by atoms with E-state index >= 15 is 0 Å². The fraction of sp³-hybridized carbons (Fsp3) is 0.316. The first kappa shape index (κ1) is 21.2. The minimum Gasteiger partial charge on any atom is -0.352 e. The molecule has 0 saturated carbocycles. The third-order valence-electron chi connectivity index (χ3n) is 4.05. The van der Waals surface area contributed by atoms with Gasteiger partial charge in [-0.25, -0.2) is 12.8 Å². The first-order valence-electron chi connectivity index (χ1n) is 8.49. The molecule has 0 radical (unpaired) electrons. The topological polar surface area (TPSA) is 66.5 Å². The van der Waals surface area contributed by atoms with Crippen LogP contribution in [0.4, 0.5) is 10.1 Å². The lowest BCUT2D eigenvalue weighted by molar-refractivity contribution is -0.120. The summed E-state index contributed by atoms with van der Waals surface area (Å²) in [6, 6.07) is 11.5. The van der Waals surface area contributed by atoms with Crippen molar-refractivity contribution in [3.63, 3.8) is 0 Å². The van der Waals surface area contributed by atoms with Gasteiger partial charge in [-0.2, -0.15) is 0 Å². The maximum absolute atomic E-state index is 13.7. The van der Waals surface area contributed by atoms with E-state index in [0.29, 0.717) is 6.42 Å². The number of hydrogen-bond acceptors (Lipinski definition) is 4. The first-order chi connectivity index (χ1) is 12.8. The summed E-state index contributed by atoms with van der Waals surface area (Å²) in [7, 11) is -4.04. The molecule has 0 bridgehead atoms. The molecule has 2 aromatic carbocycles. The Morgan fingerprint density at radius 3 is 2.44 bits per heavy atom. The van der Waals surface area contributed by atoms with Gasteiger partial charge in [-0.15, -0.1) is 11.8 Å². The van der Waals surface area contributed by atoms with Crippen LogP contribution in [0.2, 0.25) is 0 Å². The van der Waals surface area contributed by atoms with Crippen LogP contribution in [0.25, 0.3) is 0 Å². The van der Waals surface area contributed by atoms with Gasteiger partial charge in [-0.1, -0.05) is 13.0 Å². The molecule has 0 aliphatic heterocycles. The van der Waals surface area contributed by atoms with Gasteiger partial charge in [0.2, 0.25) is 5.91 Å². The monoisotopic (exact) mass is 410 g/mol. The number of nitrogens with one attached hydrogen (secondary N) is 1. The standard InChI is InChI=1S/C19H23FN2O3S2/c1-4-14(2)21-19(23)13-22(16-7-5-6-15(20)12-16)27(24,25)18-10-8-17(26-3)9-11-18/h5-12,14H,4,13H2,1-3H3,(H,21,23). The SMILES string of the molecule is CCC(C)NC(=O)CN(c1cccc(F)c1)S(=O)(=O)c1ccc(SC)cc1. The van der Waals surface area contributed by atoms with Gasteiger partial charge in [0.05, 0.1) is 10.6 Å². The van der Waals surface area contributed by atoms with Gasteiger partial charge >= 0.3 is 0 Å². The van der Waals surface area contributed by atoms with E-state index in [2.05, 4.69) is 5.32 Å². The predicted molar refractivity (Wildman–Crippen MR) is 107 cm³/mol. The van der Waals surface area contributed by atoms with E-state index < -0.39 is 28.3 Å². The van der Waals surface area contributed by atoms with E-state index in [9.17, 15) is 17.6 Å². The Bertz CT molecular complexity index is 886. The Morgan fingerprint density at radius 2 is 1.89 bits per heavy atom. The number of sulfonamides is 1. The lowest BCUT2D eigenvalue weighted by atomic mass is 10.2. The third kappa shape index (κ3) is 5.46. The largest absolute Gasteiger partial charge is 0.352 e. The van der Waals surface area contributed by atoms with Crippen molar-refractivity contribution in [1.29, 1.82) is 0 Å². The highest BCUT2D eigenvalue weighted by atomic mass is 32.2. The van der Waals surface area contributed by atoms with E-state index in [1.54, 1.807) is 12.1 Å². The molecule has 0 fully saturated rings. The fourth-order valence-electron chi connectivity index (χ4n) is 2.37. The molecule has 5 nitrogen and oxygen atoms in total. The summed E-state index contributed by atoms with van der Waals surface area (Å²) in [5, 5.41) is 2.74. The summed E-state index contributed by atoms with van der Waals surface area (Å²) < 4.78 is 40.9. The lowest BCUT2D eigenvalue weighted by Gasteiger charge is -2.25. The Balaban J connectivity index is 2.42. The highest BCUT2D eigenvalue weighted by Crippen LogP contribution is 2.25. The lowest BCUT2D eigenvalue weighted by Crippen LogP contribution is -2.43. The Hall–Kier alpha value is -2.06.